The van der Waals surface area contributed by atoms with Crippen molar-refractivity contribution in [3.8, 4) is 0 Å². The first-order chi connectivity index (χ1) is 11.8. The van der Waals surface area contributed by atoms with E-state index in [-0.39, 0.29) is 12.0 Å². The summed E-state index contributed by atoms with van der Waals surface area (Å²) in [6.07, 6.45) is 4.48. The van der Waals surface area contributed by atoms with Crippen LogP contribution in [-0.4, -0.2) is 63.8 Å². The number of hydrogen-bond donors (Lipinski definition) is 1. The highest BCUT2D eigenvalue weighted by Crippen LogP contribution is 2.32. The molecule has 1 aromatic heterocycles. The van der Waals surface area contributed by atoms with E-state index in [0.717, 1.165) is 45.4 Å². The van der Waals surface area contributed by atoms with Gasteiger partial charge in [-0.25, -0.2) is 4.79 Å². The number of H-pyrrole nitrogens is 1. The normalized spacial score (nSPS) is 24.4. The summed E-state index contributed by atoms with van der Waals surface area (Å²) in [5, 5.41) is 6.61. The average molecular weight is 348 g/mol. The molecule has 3 heterocycles. The first-order valence-corrected chi connectivity index (χ1v) is 9.10. The molecular weight excluding hydrogens is 320 g/mol. The lowest BCUT2D eigenvalue weighted by atomic mass is 9.85. The van der Waals surface area contributed by atoms with E-state index in [0.29, 0.717) is 17.5 Å². The van der Waals surface area contributed by atoms with E-state index in [4.69, 9.17) is 4.74 Å². The molecule has 2 saturated heterocycles. The van der Waals surface area contributed by atoms with E-state index in [1.54, 1.807) is 12.3 Å². The zero-order valence-electron chi connectivity index (χ0n) is 15.3. The molecule has 2 aliphatic heterocycles. The molecule has 7 heteroatoms. The van der Waals surface area contributed by atoms with Crippen LogP contribution in [0.4, 0.5) is 4.79 Å². The first-order valence-electron chi connectivity index (χ1n) is 9.10. The number of rotatable bonds is 2. The third-order valence-corrected chi connectivity index (χ3v) is 5.02. The Hall–Kier alpha value is -2.05. The third-order valence-electron chi connectivity index (χ3n) is 5.02. The molecule has 0 saturated carbocycles. The van der Waals surface area contributed by atoms with Crippen molar-refractivity contribution in [1.82, 2.24) is 20.0 Å². The molecule has 2 unspecified atom stereocenters. The lowest BCUT2D eigenvalue weighted by Crippen LogP contribution is -2.43. The highest BCUT2D eigenvalue weighted by atomic mass is 16.6. The standard InChI is InChI=1S/C18H28N4O3/c1-18(2,3)25-17(24)22-10-7-14(12-22)13-5-4-9-21(11-13)16(23)15-6-8-19-20-15/h6,8,13-14H,4-5,7,9-12H2,1-3H3,(H,19,20). The lowest BCUT2D eigenvalue weighted by Gasteiger charge is -2.35. The summed E-state index contributed by atoms with van der Waals surface area (Å²) < 4.78 is 5.48. The van der Waals surface area contributed by atoms with Crippen LogP contribution in [0.25, 0.3) is 0 Å². The van der Waals surface area contributed by atoms with Gasteiger partial charge in [0.2, 0.25) is 0 Å². The Labute approximate surface area is 148 Å². The van der Waals surface area contributed by atoms with Crippen LogP contribution >= 0.6 is 0 Å². The summed E-state index contributed by atoms with van der Waals surface area (Å²) in [6, 6.07) is 1.71. The fourth-order valence-corrected chi connectivity index (χ4v) is 3.79. The second-order valence-corrected chi connectivity index (χ2v) is 8.10. The van der Waals surface area contributed by atoms with Gasteiger partial charge in [-0.05, 0) is 57.9 Å². The Morgan fingerprint density at radius 2 is 1.88 bits per heavy atom. The largest absolute Gasteiger partial charge is 0.444 e. The number of amides is 2. The van der Waals surface area contributed by atoms with Crippen molar-refractivity contribution in [1.29, 1.82) is 0 Å². The fourth-order valence-electron chi connectivity index (χ4n) is 3.79. The quantitative estimate of drug-likeness (QED) is 0.891. The van der Waals surface area contributed by atoms with Crippen LogP contribution in [-0.2, 0) is 4.74 Å². The smallest absolute Gasteiger partial charge is 0.410 e. The maximum atomic E-state index is 12.5. The van der Waals surface area contributed by atoms with Crippen molar-refractivity contribution in [2.24, 2.45) is 11.8 Å². The van der Waals surface area contributed by atoms with Gasteiger partial charge in [0.25, 0.3) is 5.91 Å². The molecule has 2 atom stereocenters. The summed E-state index contributed by atoms with van der Waals surface area (Å²) in [5.41, 5.74) is 0.0790. The van der Waals surface area contributed by atoms with Crippen LogP contribution in [0.5, 0.6) is 0 Å². The molecule has 0 aromatic carbocycles. The van der Waals surface area contributed by atoms with Crippen molar-refractivity contribution in [2.45, 2.75) is 45.6 Å². The van der Waals surface area contributed by atoms with Gasteiger partial charge in [0.05, 0.1) is 0 Å². The maximum Gasteiger partial charge on any atom is 0.410 e. The minimum Gasteiger partial charge on any atom is -0.444 e. The number of aromatic amines is 1. The van der Waals surface area contributed by atoms with Gasteiger partial charge in [-0.15, -0.1) is 0 Å². The first kappa shape index (κ1) is 17.8. The molecule has 2 aliphatic rings. The monoisotopic (exact) mass is 348 g/mol. The molecule has 0 radical (unpaired) electrons. The molecule has 7 nitrogen and oxygen atoms in total. The van der Waals surface area contributed by atoms with Crippen molar-refractivity contribution in [3.63, 3.8) is 0 Å². The molecule has 0 bridgehead atoms. The Morgan fingerprint density at radius 1 is 1.16 bits per heavy atom. The summed E-state index contributed by atoms with van der Waals surface area (Å²) in [7, 11) is 0. The van der Waals surface area contributed by atoms with Gasteiger partial charge in [0, 0.05) is 32.4 Å². The van der Waals surface area contributed by atoms with Crippen molar-refractivity contribution in [2.75, 3.05) is 26.2 Å². The molecule has 0 spiro atoms. The fraction of sp³-hybridized carbons (Fsp3) is 0.722. The number of likely N-dealkylation sites (tertiary alicyclic amines) is 2. The summed E-state index contributed by atoms with van der Waals surface area (Å²) in [5.74, 6) is 0.891. The Bertz CT molecular complexity index is 608. The van der Waals surface area contributed by atoms with Crippen LogP contribution in [0.15, 0.2) is 12.3 Å². The third kappa shape index (κ3) is 4.32. The van der Waals surface area contributed by atoms with Crippen LogP contribution in [0, 0.1) is 11.8 Å². The number of carbonyl (C=O) groups excluding carboxylic acids is 2. The topological polar surface area (TPSA) is 78.5 Å². The van der Waals surface area contributed by atoms with Crippen LogP contribution in [0.2, 0.25) is 0 Å². The highest BCUT2D eigenvalue weighted by molar-refractivity contribution is 5.92. The van der Waals surface area contributed by atoms with E-state index in [1.165, 1.54) is 0 Å². The zero-order chi connectivity index (χ0) is 18.0. The average Bonchev–Trinajstić information content (AvgIpc) is 3.24. The second kappa shape index (κ2) is 7.06. The number of carbonyl (C=O) groups is 2. The predicted molar refractivity (Wildman–Crippen MR) is 93.1 cm³/mol. The summed E-state index contributed by atoms with van der Waals surface area (Å²) in [6.45, 7) is 8.67. The number of aromatic nitrogens is 2. The van der Waals surface area contributed by atoms with Gasteiger partial charge < -0.3 is 14.5 Å². The van der Waals surface area contributed by atoms with Crippen LogP contribution in [0.1, 0.15) is 50.5 Å². The molecule has 1 N–H and O–H groups in total. The minimum absolute atomic E-state index is 0.0178. The number of hydrogen-bond acceptors (Lipinski definition) is 4. The number of ether oxygens (including phenoxy) is 1. The Morgan fingerprint density at radius 3 is 2.56 bits per heavy atom. The van der Waals surface area contributed by atoms with Gasteiger partial charge in [-0.2, -0.15) is 5.10 Å². The molecule has 1 aromatic rings. The Balaban J connectivity index is 1.56. The van der Waals surface area contributed by atoms with E-state index < -0.39 is 5.60 Å². The summed E-state index contributed by atoms with van der Waals surface area (Å²) >= 11 is 0. The van der Waals surface area contributed by atoms with E-state index >= 15 is 0 Å². The molecule has 138 valence electrons. The molecule has 2 amide bonds. The predicted octanol–water partition coefficient (Wildman–Crippen LogP) is 2.52. The Kier molecular flexibility index (Phi) is 5.01. The summed E-state index contributed by atoms with van der Waals surface area (Å²) in [4.78, 5) is 28.5. The van der Waals surface area contributed by atoms with Crippen molar-refractivity contribution >= 4 is 12.0 Å². The lowest BCUT2D eigenvalue weighted by molar-refractivity contribution is 0.0274. The van der Waals surface area contributed by atoms with Gasteiger partial charge in [-0.3, -0.25) is 9.89 Å². The highest BCUT2D eigenvalue weighted by Gasteiger charge is 2.36. The zero-order valence-corrected chi connectivity index (χ0v) is 15.3. The van der Waals surface area contributed by atoms with Gasteiger partial charge in [-0.1, -0.05) is 0 Å². The van der Waals surface area contributed by atoms with Gasteiger partial charge in [0.1, 0.15) is 11.3 Å². The molecule has 0 aliphatic carbocycles. The molecule has 25 heavy (non-hydrogen) atoms. The van der Waals surface area contributed by atoms with Gasteiger partial charge >= 0.3 is 6.09 Å². The number of nitrogens with zero attached hydrogens (tertiary/aromatic N) is 3. The number of piperidine rings is 1. The SMILES string of the molecule is CC(C)(C)OC(=O)N1CCC(C2CCCN(C(=O)c3ccn[nH]3)C2)C1. The van der Waals surface area contributed by atoms with E-state index in [9.17, 15) is 9.59 Å². The van der Waals surface area contributed by atoms with Crippen molar-refractivity contribution < 1.29 is 14.3 Å². The van der Waals surface area contributed by atoms with Crippen molar-refractivity contribution in [3.05, 3.63) is 18.0 Å². The number of nitrogens with one attached hydrogen (secondary N) is 1. The molecule has 3 rings (SSSR count). The molecule has 2 fully saturated rings. The van der Waals surface area contributed by atoms with Crippen LogP contribution in [0.3, 0.4) is 0 Å². The van der Waals surface area contributed by atoms with Crippen LogP contribution < -0.4 is 0 Å². The van der Waals surface area contributed by atoms with Gasteiger partial charge in [0.15, 0.2) is 0 Å². The maximum absolute atomic E-state index is 12.5. The van der Waals surface area contributed by atoms with E-state index in [2.05, 4.69) is 10.2 Å². The second-order valence-electron chi connectivity index (χ2n) is 8.10. The minimum atomic E-state index is -0.465. The van der Waals surface area contributed by atoms with E-state index in [1.807, 2.05) is 30.6 Å². The molecular formula is C18H28N4O3.